The molecule has 1 fully saturated rings. The van der Waals surface area contributed by atoms with Crippen LogP contribution in [-0.2, 0) is 28.1 Å². The number of nitrogens with one attached hydrogen (secondary N) is 10. The molecule has 9 heterocycles. The number of pyridine rings is 5. The summed E-state index contributed by atoms with van der Waals surface area (Å²) in [5.41, 5.74) is 13.3. The third-order valence-corrected chi connectivity index (χ3v) is 19.9. The predicted octanol–water partition coefficient (Wildman–Crippen LogP) is 14.7. The summed E-state index contributed by atoms with van der Waals surface area (Å²) >= 11 is 1.44. The van der Waals surface area contributed by atoms with Crippen molar-refractivity contribution in [3.8, 4) is 45.0 Å². The maximum absolute atomic E-state index is 12.7. The van der Waals surface area contributed by atoms with Crippen LogP contribution in [0.2, 0.25) is 0 Å². The first-order chi connectivity index (χ1) is 56.1. The monoisotopic (exact) mass is 1610 g/mol. The van der Waals surface area contributed by atoms with Gasteiger partial charge < -0.3 is 56.7 Å². The molecule has 0 atom stereocenters. The van der Waals surface area contributed by atoms with Gasteiger partial charge in [-0.05, 0) is 180 Å². The number of hydrogen-bond donors (Lipinski definition) is 10. The Morgan fingerprint density at radius 3 is 1.23 bits per heavy atom. The Morgan fingerprint density at radius 1 is 0.449 bits per heavy atom. The summed E-state index contributed by atoms with van der Waals surface area (Å²) in [7, 11) is 1.93. The van der Waals surface area contributed by atoms with Gasteiger partial charge >= 0.3 is 0 Å². The summed E-state index contributed by atoms with van der Waals surface area (Å²) in [6, 6.07) is 45.7. The number of thioether (sulfide) groups is 1. The number of carbonyl (C=O) groups is 4. The van der Waals surface area contributed by atoms with Crippen molar-refractivity contribution in [3.05, 3.63) is 299 Å². The Morgan fingerprint density at radius 2 is 0.839 bits per heavy atom. The first-order valence-electron chi connectivity index (χ1n) is 38.7. The smallest absolute Gasteiger partial charge is 0.271 e. The molecule has 1 saturated heterocycles. The number of carbonyl (C=O) groups excluding carboxylic acids is 4. The van der Waals surface area contributed by atoms with Crippen LogP contribution in [0.15, 0.2) is 226 Å². The lowest BCUT2D eigenvalue weighted by molar-refractivity contribution is 0.101. The maximum atomic E-state index is 12.7. The molecule has 10 N–H and O–H groups in total. The van der Waals surface area contributed by atoms with Crippen molar-refractivity contribution in [1.29, 1.82) is 0 Å². The van der Waals surface area contributed by atoms with Gasteiger partial charge in [-0.3, -0.25) is 43.3 Å². The minimum Gasteiger partial charge on any atom is -0.354 e. The number of nitrogens with zero attached hydrogens (tertiary/aromatic N) is 8. The summed E-state index contributed by atoms with van der Waals surface area (Å²) < 4.78 is 0. The normalized spacial score (nSPS) is 12.1. The van der Waals surface area contributed by atoms with Crippen LogP contribution in [0.3, 0.4) is 0 Å². The molecule has 1 aliphatic rings. The van der Waals surface area contributed by atoms with Crippen molar-refractivity contribution in [3.63, 3.8) is 0 Å². The van der Waals surface area contributed by atoms with Crippen LogP contribution in [0.25, 0.3) is 45.0 Å². The molecule has 4 aromatic carbocycles. The van der Waals surface area contributed by atoms with Gasteiger partial charge in [0.2, 0.25) is 0 Å². The largest absolute Gasteiger partial charge is 0.354 e. The van der Waals surface area contributed by atoms with Gasteiger partial charge in [0.1, 0.15) is 41.2 Å². The molecule has 8 aromatic heterocycles. The van der Waals surface area contributed by atoms with Crippen LogP contribution in [-0.4, -0.2) is 124 Å². The molecule has 0 unspecified atom stereocenters. The number of aromatic nitrogens is 11. The van der Waals surface area contributed by atoms with Gasteiger partial charge in [0.25, 0.3) is 45.9 Å². The quantitative estimate of drug-likeness (QED) is 0.0217. The Labute approximate surface area is 690 Å². The van der Waals surface area contributed by atoms with E-state index < -0.39 is 0 Å². The molecule has 0 spiro atoms. The van der Waals surface area contributed by atoms with E-state index in [1.807, 2.05) is 93.0 Å². The Balaban J connectivity index is 0.000000166. The summed E-state index contributed by atoms with van der Waals surface area (Å²) in [5, 5.41) is 17.9. The molecule has 26 nitrogen and oxygen atoms in total. The fourth-order valence-electron chi connectivity index (χ4n) is 12.2. The zero-order valence-electron chi connectivity index (χ0n) is 69.3. The molecule has 118 heavy (non-hydrogen) atoms. The second-order valence-electron chi connectivity index (χ2n) is 32.4. The minimum atomic E-state index is -0.373. The average molecular weight is 1610 g/mol. The fourth-order valence-corrected chi connectivity index (χ4v) is 12.6. The lowest BCUT2D eigenvalue weighted by Gasteiger charge is -2.28. The molecular weight excluding hydrogens is 1510 g/mol. The molecule has 27 heteroatoms. The SMILES string of the molecule is CC(C)(C)c1ccc(C(=O)Nc2cc(-c3cc(N4CCNCC4)ncn3)c[nH]c2=O)cc1.CC(C)(C)c1ccc(C(=O)Nc2cc(-c3ccncn3)c[nH]c2=O)cc1.CNCCCc1cccc(-c2c[nH]c(=O)c(NC(=O)c3ccc(C(C)(C)C)cc3)c2)n1.CSc1ncc(C)c(-c2c[nH]c(=O)c(NC(=O)c3ccc(C(C)(C)C)cc3)c2)n1. The highest BCUT2D eigenvalue weighted by atomic mass is 32.2. The summed E-state index contributed by atoms with van der Waals surface area (Å²) in [6.07, 6.45) is 16.4. The van der Waals surface area contributed by atoms with E-state index in [1.165, 1.54) is 24.4 Å². The zero-order valence-corrected chi connectivity index (χ0v) is 70.1. The number of anilines is 5. The molecule has 0 bridgehead atoms. The molecular formula is C91H102N18O8S. The molecule has 610 valence electrons. The van der Waals surface area contributed by atoms with Gasteiger partial charge in [-0.2, -0.15) is 0 Å². The maximum Gasteiger partial charge on any atom is 0.271 e. The number of hydrogen-bond acceptors (Lipinski definition) is 19. The highest BCUT2D eigenvalue weighted by Gasteiger charge is 2.23. The van der Waals surface area contributed by atoms with Gasteiger partial charge in [-0.25, -0.2) is 29.9 Å². The second kappa shape index (κ2) is 39.1. The number of piperazine rings is 1. The fraction of sp³-hybridized carbons (Fsp3) is 0.286. The third-order valence-electron chi connectivity index (χ3n) is 19.3. The first-order valence-corrected chi connectivity index (χ1v) is 40.0. The number of amides is 4. The van der Waals surface area contributed by atoms with Gasteiger partial charge in [0.15, 0.2) is 5.16 Å². The number of rotatable bonds is 18. The number of H-pyrrole nitrogens is 4. The van der Waals surface area contributed by atoms with E-state index in [0.717, 1.165) is 96.2 Å². The predicted molar refractivity (Wildman–Crippen MR) is 471 cm³/mol. The van der Waals surface area contributed by atoms with E-state index in [0.29, 0.717) is 61.2 Å². The van der Waals surface area contributed by atoms with Crippen molar-refractivity contribution in [2.75, 3.05) is 72.2 Å². The summed E-state index contributed by atoms with van der Waals surface area (Å²) in [6.45, 7) is 31.8. The Hall–Kier alpha value is -13.0. The van der Waals surface area contributed by atoms with E-state index in [1.54, 1.807) is 116 Å². The van der Waals surface area contributed by atoms with E-state index in [2.05, 4.69) is 170 Å². The lowest BCUT2D eigenvalue weighted by Crippen LogP contribution is -2.43. The number of aryl methyl sites for hydroxylation is 2. The number of benzene rings is 4. The standard InChI is InChI=1S/C25H30N4O2.C24H28N6O2.C22H24N4O2S.C20H20N4O2/c1-25(2,3)19-12-10-17(11-13-19)23(30)29-22-15-18(16-27-24(22)31)21-9-5-7-20(28-21)8-6-14-26-4;1-24(2,3)18-6-4-16(5-7-18)22(31)29-20-12-17(14-26-23(20)32)19-13-21(28-15-27-19)30-10-8-25-9-11-30;1-13-11-24-21(29-5)26-18(13)15-10-17(20(28)23-12-15)25-19(27)14-6-8-16(9-7-14)22(2,3)4;1-20(2,3)15-6-4-13(5-7-15)18(25)24-17-10-14(11-22-19(17)26)16-8-9-21-12-23-16/h5,7,9-13,15-16,26H,6,8,14H2,1-4H3,(H,27,31)(H,29,30);4-7,12-15,25H,8-11H2,1-3H3,(H,26,32)(H,29,31);6-12H,1-5H3,(H,23,28)(H,25,27);4-12H,1-3H3,(H,22,26)(H,24,25). The molecule has 1 aliphatic heterocycles. The van der Waals surface area contributed by atoms with Crippen molar-refractivity contribution in [1.82, 2.24) is 65.5 Å². The van der Waals surface area contributed by atoms with Crippen LogP contribution >= 0.6 is 11.8 Å². The molecule has 13 rings (SSSR count). The molecule has 12 aromatic rings. The second-order valence-corrected chi connectivity index (χ2v) is 33.1. The van der Waals surface area contributed by atoms with E-state index >= 15 is 0 Å². The third kappa shape index (κ3) is 24.1. The van der Waals surface area contributed by atoms with E-state index in [9.17, 15) is 38.4 Å². The molecule has 4 amide bonds. The van der Waals surface area contributed by atoms with E-state index in [-0.39, 0.29) is 90.3 Å². The van der Waals surface area contributed by atoms with E-state index in [4.69, 9.17) is 4.98 Å². The van der Waals surface area contributed by atoms with Crippen molar-refractivity contribution in [2.45, 2.75) is 130 Å². The van der Waals surface area contributed by atoms with Gasteiger partial charge in [-0.15, -0.1) is 0 Å². The van der Waals surface area contributed by atoms with Crippen molar-refractivity contribution < 1.29 is 19.2 Å². The van der Waals surface area contributed by atoms with Crippen LogP contribution in [0, 0.1) is 6.92 Å². The van der Waals surface area contributed by atoms with Crippen LogP contribution in [0.4, 0.5) is 28.6 Å². The topological polar surface area (TPSA) is 365 Å². The number of aromatic amines is 4. The first kappa shape index (κ1) is 87.4. The minimum absolute atomic E-state index is 0.00158. The van der Waals surface area contributed by atoms with Crippen LogP contribution in [0.1, 0.15) is 164 Å². The average Bonchev–Trinajstić information content (AvgIpc) is 1.11. The van der Waals surface area contributed by atoms with Crippen molar-refractivity contribution >= 4 is 64.0 Å². The van der Waals surface area contributed by atoms with Crippen LogP contribution in [0.5, 0.6) is 0 Å². The summed E-state index contributed by atoms with van der Waals surface area (Å²) in [4.78, 5) is 143. The molecule has 0 saturated carbocycles. The van der Waals surface area contributed by atoms with Gasteiger partial charge in [-0.1, -0.05) is 149 Å². The Bertz CT molecular complexity index is 5740. The van der Waals surface area contributed by atoms with Crippen LogP contribution < -0.4 is 59.0 Å². The molecule has 0 radical (unpaired) electrons. The summed E-state index contributed by atoms with van der Waals surface area (Å²) in [5.74, 6) is -0.491. The molecule has 0 aliphatic carbocycles. The van der Waals surface area contributed by atoms with Gasteiger partial charge in [0, 0.05) is 120 Å². The lowest BCUT2D eigenvalue weighted by atomic mass is 9.86. The van der Waals surface area contributed by atoms with Crippen molar-refractivity contribution in [2.24, 2.45) is 0 Å². The zero-order chi connectivity index (χ0) is 85.1. The van der Waals surface area contributed by atoms with Gasteiger partial charge in [0.05, 0.1) is 22.8 Å². The highest BCUT2D eigenvalue weighted by molar-refractivity contribution is 7.98. The highest BCUT2D eigenvalue weighted by Crippen LogP contribution is 2.30. The Kier molecular flexibility index (Phi) is 29.0.